The summed E-state index contributed by atoms with van der Waals surface area (Å²) >= 11 is 3.56. The minimum absolute atomic E-state index is 0.0532. The predicted octanol–water partition coefficient (Wildman–Crippen LogP) is 1.88. The number of carbonyl (C=O) groups is 1. The van der Waals surface area contributed by atoms with Crippen molar-refractivity contribution >= 4 is 27.5 Å². The highest BCUT2D eigenvalue weighted by molar-refractivity contribution is 9.10. The monoisotopic (exact) mass is 325 g/mol. The van der Waals surface area contributed by atoms with E-state index in [4.69, 9.17) is 5.73 Å². The maximum Gasteiger partial charge on any atom is 0.243 e. The number of anilines is 1. The molecule has 1 heterocycles. The molecule has 1 aromatic carbocycles. The number of rotatable bonds is 3. The summed E-state index contributed by atoms with van der Waals surface area (Å²) in [4.78, 5) is 14.4. The van der Waals surface area contributed by atoms with Crippen molar-refractivity contribution < 1.29 is 4.79 Å². The lowest BCUT2D eigenvalue weighted by Crippen LogP contribution is -2.65. The Labute approximate surface area is 122 Å². The van der Waals surface area contributed by atoms with E-state index in [-0.39, 0.29) is 17.5 Å². The van der Waals surface area contributed by atoms with Gasteiger partial charge >= 0.3 is 0 Å². The van der Waals surface area contributed by atoms with Crippen LogP contribution in [0.25, 0.3) is 0 Å². The summed E-state index contributed by atoms with van der Waals surface area (Å²) in [6, 6.07) is 7.79. The van der Waals surface area contributed by atoms with Crippen molar-refractivity contribution in [3.05, 3.63) is 28.7 Å². The number of hydrogen-bond donors (Lipinski definition) is 2. The van der Waals surface area contributed by atoms with Gasteiger partial charge in [-0.3, -0.25) is 4.79 Å². The Kier molecular flexibility index (Phi) is 4.16. The first kappa shape index (κ1) is 14.3. The van der Waals surface area contributed by atoms with Crippen molar-refractivity contribution in [3.63, 3.8) is 0 Å². The Hall–Kier alpha value is -1.07. The molecule has 0 spiro atoms. The first-order valence-corrected chi connectivity index (χ1v) is 7.27. The number of benzene rings is 1. The van der Waals surface area contributed by atoms with Crippen LogP contribution in [0, 0.1) is 0 Å². The third kappa shape index (κ3) is 3.09. The van der Waals surface area contributed by atoms with Crippen LogP contribution in [-0.2, 0) is 4.79 Å². The fourth-order valence-corrected chi connectivity index (χ4v) is 3.03. The van der Waals surface area contributed by atoms with Crippen molar-refractivity contribution in [2.75, 3.05) is 18.0 Å². The molecule has 0 aromatic heterocycles. The van der Waals surface area contributed by atoms with Crippen molar-refractivity contribution in [1.82, 2.24) is 5.32 Å². The van der Waals surface area contributed by atoms with Gasteiger partial charge in [-0.25, -0.2) is 0 Å². The van der Waals surface area contributed by atoms with Gasteiger partial charge in [-0.15, -0.1) is 0 Å². The molecule has 0 aliphatic carbocycles. The SMILES string of the molecule is CC1(C)CN(c2ccccc2Br)C(CCN)C(=O)N1. The Morgan fingerprint density at radius 1 is 1.47 bits per heavy atom. The number of carbonyl (C=O) groups excluding carboxylic acids is 1. The number of nitrogens with one attached hydrogen (secondary N) is 1. The Morgan fingerprint density at radius 3 is 2.79 bits per heavy atom. The van der Waals surface area contributed by atoms with Crippen LogP contribution in [0.15, 0.2) is 28.7 Å². The molecule has 1 aliphatic rings. The summed E-state index contributed by atoms with van der Waals surface area (Å²) in [6.45, 7) is 5.34. The summed E-state index contributed by atoms with van der Waals surface area (Å²) in [7, 11) is 0. The second-order valence-corrected chi connectivity index (χ2v) is 6.40. The highest BCUT2D eigenvalue weighted by atomic mass is 79.9. The molecule has 19 heavy (non-hydrogen) atoms. The summed E-state index contributed by atoms with van der Waals surface area (Å²) < 4.78 is 1.00. The zero-order valence-corrected chi connectivity index (χ0v) is 12.9. The van der Waals surface area contributed by atoms with Crippen LogP contribution in [-0.4, -0.2) is 30.6 Å². The van der Waals surface area contributed by atoms with Crippen LogP contribution < -0.4 is 16.0 Å². The van der Waals surface area contributed by atoms with Gasteiger partial charge in [0.2, 0.25) is 5.91 Å². The van der Waals surface area contributed by atoms with Crippen LogP contribution in [0.5, 0.6) is 0 Å². The highest BCUT2D eigenvalue weighted by Crippen LogP contribution is 2.31. The molecular weight excluding hydrogens is 306 g/mol. The maximum absolute atomic E-state index is 12.3. The molecular formula is C14H20BrN3O. The lowest BCUT2D eigenvalue weighted by Gasteiger charge is -2.45. The third-order valence-corrected chi connectivity index (χ3v) is 3.98. The third-order valence-electron chi connectivity index (χ3n) is 3.31. The molecule has 0 radical (unpaired) electrons. The lowest BCUT2D eigenvalue weighted by molar-refractivity contribution is -0.125. The van der Waals surface area contributed by atoms with Gasteiger partial charge in [0.15, 0.2) is 0 Å². The van der Waals surface area contributed by atoms with Crippen LogP contribution in [0.3, 0.4) is 0 Å². The molecule has 0 bridgehead atoms. The van der Waals surface area contributed by atoms with Gasteiger partial charge in [-0.1, -0.05) is 12.1 Å². The van der Waals surface area contributed by atoms with Crippen LogP contribution >= 0.6 is 15.9 Å². The maximum atomic E-state index is 12.3. The van der Waals surface area contributed by atoms with Crippen LogP contribution in [0.2, 0.25) is 0 Å². The molecule has 104 valence electrons. The van der Waals surface area contributed by atoms with Gasteiger partial charge in [0.25, 0.3) is 0 Å². The zero-order chi connectivity index (χ0) is 14.0. The molecule has 1 amide bonds. The molecule has 3 N–H and O–H groups in total. The van der Waals surface area contributed by atoms with Gasteiger partial charge in [-0.2, -0.15) is 0 Å². The summed E-state index contributed by atoms with van der Waals surface area (Å²) in [5.74, 6) is 0.0532. The molecule has 4 nitrogen and oxygen atoms in total. The highest BCUT2D eigenvalue weighted by Gasteiger charge is 2.38. The minimum atomic E-state index is -0.239. The topological polar surface area (TPSA) is 58.4 Å². The molecule has 1 atom stereocenters. The first-order valence-electron chi connectivity index (χ1n) is 6.48. The van der Waals surface area contributed by atoms with Crippen molar-refractivity contribution in [3.8, 4) is 0 Å². The smallest absolute Gasteiger partial charge is 0.243 e. The molecule has 1 aromatic rings. The van der Waals surface area contributed by atoms with E-state index in [1.165, 1.54) is 0 Å². The number of nitrogens with zero attached hydrogens (tertiary/aromatic N) is 1. The molecule has 5 heteroatoms. The standard InChI is InChI=1S/C14H20BrN3O/c1-14(2)9-18(11-6-4-3-5-10(11)15)12(7-8-16)13(19)17-14/h3-6,12H,7-9,16H2,1-2H3,(H,17,19). The number of hydrogen-bond acceptors (Lipinski definition) is 3. The average Bonchev–Trinajstić information content (AvgIpc) is 2.32. The van der Waals surface area contributed by atoms with Crippen LogP contribution in [0.1, 0.15) is 20.3 Å². The van der Waals surface area contributed by atoms with E-state index in [1.807, 2.05) is 38.1 Å². The summed E-state index contributed by atoms with van der Waals surface area (Å²) in [5, 5.41) is 3.06. The second kappa shape index (κ2) is 5.51. The summed E-state index contributed by atoms with van der Waals surface area (Å²) in [6.07, 6.45) is 0.656. The van der Waals surface area contributed by atoms with Crippen molar-refractivity contribution in [2.24, 2.45) is 5.73 Å². The van der Waals surface area contributed by atoms with Crippen molar-refractivity contribution in [1.29, 1.82) is 0 Å². The molecule has 1 aliphatic heterocycles. The largest absolute Gasteiger partial charge is 0.356 e. The van der Waals surface area contributed by atoms with Gasteiger partial charge in [0.1, 0.15) is 6.04 Å². The first-order chi connectivity index (χ1) is 8.94. The van der Waals surface area contributed by atoms with E-state index < -0.39 is 0 Å². The zero-order valence-electron chi connectivity index (χ0n) is 11.3. The normalized spacial score (nSPS) is 22.2. The van der Waals surface area contributed by atoms with Gasteiger partial charge in [-0.05, 0) is 54.9 Å². The number of amides is 1. The van der Waals surface area contributed by atoms with E-state index in [2.05, 4.69) is 26.1 Å². The molecule has 1 saturated heterocycles. The summed E-state index contributed by atoms with van der Waals surface area (Å²) in [5.41, 5.74) is 6.46. The van der Waals surface area contributed by atoms with Crippen LogP contribution in [0.4, 0.5) is 5.69 Å². The van der Waals surface area contributed by atoms with E-state index in [0.717, 1.165) is 16.7 Å². The van der Waals surface area contributed by atoms with Gasteiger partial charge in [0, 0.05) is 11.0 Å². The Balaban J connectivity index is 2.37. The number of para-hydroxylation sites is 1. The van der Waals surface area contributed by atoms with Gasteiger partial charge < -0.3 is 16.0 Å². The lowest BCUT2D eigenvalue weighted by atomic mass is 9.96. The number of halogens is 1. The average molecular weight is 326 g/mol. The number of piperazine rings is 1. The van der Waals surface area contributed by atoms with E-state index in [0.29, 0.717) is 13.0 Å². The molecule has 1 unspecified atom stereocenters. The van der Waals surface area contributed by atoms with E-state index in [1.54, 1.807) is 0 Å². The molecule has 0 saturated carbocycles. The molecule has 1 fully saturated rings. The Bertz CT molecular complexity index is 476. The predicted molar refractivity (Wildman–Crippen MR) is 81.2 cm³/mol. The van der Waals surface area contributed by atoms with E-state index in [9.17, 15) is 4.79 Å². The Morgan fingerprint density at radius 2 is 2.16 bits per heavy atom. The molecule has 2 rings (SSSR count). The van der Waals surface area contributed by atoms with Gasteiger partial charge in [0.05, 0.1) is 11.2 Å². The quantitative estimate of drug-likeness (QED) is 0.892. The second-order valence-electron chi connectivity index (χ2n) is 5.55. The van der Waals surface area contributed by atoms with Crippen molar-refractivity contribution in [2.45, 2.75) is 31.8 Å². The van der Waals surface area contributed by atoms with E-state index >= 15 is 0 Å². The number of nitrogens with two attached hydrogens (primary N) is 1. The fourth-order valence-electron chi connectivity index (χ4n) is 2.52. The minimum Gasteiger partial charge on any atom is -0.356 e. The fraction of sp³-hybridized carbons (Fsp3) is 0.500.